The van der Waals surface area contributed by atoms with Crippen LogP contribution in [0.5, 0.6) is 0 Å². The van der Waals surface area contributed by atoms with Crippen LogP contribution in [0.15, 0.2) is 22.6 Å². The molecule has 21 heavy (non-hydrogen) atoms. The lowest BCUT2D eigenvalue weighted by Crippen LogP contribution is -2.01. The largest absolute Gasteiger partial charge is 0.424 e. The molecule has 1 aromatic heterocycles. The second-order valence-corrected chi connectivity index (χ2v) is 5.65. The fourth-order valence-corrected chi connectivity index (χ4v) is 2.47. The molecule has 0 radical (unpaired) electrons. The van der Waals surface area contributed by atoms with E-state index >= 15 is 0 Å². The van der Waals surface area contributed by atoms with Gasteiger partial charge in [-0.3, -0.25) is 0 Å². The highest BCUT2D eigenvalue weighted by Crippen LogP contribution is 2.21. The molecule has 1 heterocycles. The van der Waals surface area contributed by atoms with Crippen molar-refractivity contribution in [3.8, 4) is 0 Å². The molecule has 2 rings (SSSR count). The van der Waals surface area contributed by atoms with Crippen LogP contribution in [0, 0.1) is 0 Å². The number of nitrogens with one attached hydrogen (secondary N) is 1. The van der Waals surface area contributed by atoms with E-state index in [0.29, 0.717) is 11.7 Å². The van der Waals surface area contributed by atoms with Crippen molar-refractivity contribution in [1.29, 1.82) is 0 Å². The number of oxazole rings is 1. The van der Waals surface area contributed by atoms with Gasteiger partial charge >= 0.3 is 0 Å². The minimum Gasteiger partial charge on any atom is -0.424 e. The predicted molar refractivity (Wildman–Crippen MR) is 89.5 cm³/mol. The zero-order valence-electron chi connectivity index (χ0n) is 13.0. The quantitative estimate of drug-likeness (QED) is 0.479. The van der Waals surface area contributed by atoms with Gasteiger partial charge in [0.2, 0.25) is 0 Å². The van der Waals surface area contributed by atoms with Crippen LogP contribution in [0.4, 0.5) is 11.7 Å². The maximum Gasteiger partial charge on any atom is 0.295 e. The maximum atomic E-state index is 5.73. The molecule has 0 atom stereocenters. The first-order chi connectivity index (χ1) is 10.3. The Balaban J connectivity index is 1.59. The van der Waals surface area contributed by atoms with Crippen molar-refractivity contribution in [2.24, 2.45) is 0 Å². The highest BCUT2D eigenvalue weighted by Gasteiger charge is 2.04. The molecule has 0 bridgehead atoms. The van der Waals surface area contributed by atoms with Gasteiger partial charge < -0.3 is 15.5 Å². The van der Waals surface area contributed by atoms with E-state index in [1.807, 2.05) is 18.2 Å². The smallest absolute Gasteiger partial charge is 0.295 e. The summed E-state index contributed by atoms with van der Waals surface area (Å²) in [7, 11) is 0. The third-order valence-corrected chi connectivity index (χ3v) is 3.72. The molecule has 2 aromatic rings. The highest BCUT2D eigenvalue weighted by atomic mass is 16.4. The van der Waals surface area contributed by atoms with Crippen LogP contribution in [-0.4, -0.2) is 11.5 Å². The van der Waals surface area contributed by atoms with Gasteiger partial charge in [-0.15, -0.1) is 0 Å². The zero-order valence-corrected chi connectivity index (χ0v) is 13.0. The maximum absolute atomic E-state index is 5.73. The summed E-state index contributed by atoms with van der Waals surface area (Å²) in [4.78, 5) is 4.38. The minimum absolute atomic E-state index is 0.596. The van der Waals surface area contributed by atoms with Crippen molar-refractivity contribution in [2.75, 3.05) is 17.6 Å². The number of hydrogen-bond donors (Lipinski definition) is 2. The topological polar surface area (TPSA) is 64.1 Å². The molecule has 0 unspecified atom stereocenters. The van der Waals surface area contributed by atoms with E-state index in [4.69, 9.17) is 10.2 Å². The lowest BCUT2D eigenvalue weighted by Gasteiger charge is -2.02. The van der Waals surface area contributed by atoms with Crippen molar-refractivity contribution in [3.05, 3.63) is 18.2 Å². The van der Waals surface area contributed by atoms with Gasteiger partial charge in [-0.2, -0.15) is 4.98 Å². The monoisotopic (exact) mass is 289 g/mol. The first-order valence-electron chi connectivity index (χ1n) is 8.19. The summed E-state index contributed by atoms with van der Waals surface area (Å²) < 4.78 is 5.62. The molecule has 3 N–H and O–H groups in total. The summed E-state index contributed by atoms with van der Waals surface area (Å²) in [6.45, 7) is 3.17. The molecule has 1 aromatic carbocycles. The molecule has 0 aliphatic heterocycles. The molecular weight excluding hydrogens is 262 g/mol. The standard InChI is InChI=1S/C17H27N3O/c1-2-3-4-5-6-7-8-9-12-19-17-20-15-13-14(18)10-11-16(15)21-17/h10-11,13H,2-9,12,18H2,1H3,(H,19,20). The molecule has 4 heteroatoms. The lowest BCUT2D eigenvalue weighted by atomic mass is 10.1. The molecule has 116 valence electrons. The molecule has 0 fully saturated rings. The predicted octanol–water partition coefficient (Wildman–Crippen LogP) is 4.96. The van der Waals surface area contributed by atoms with E-state index in [1.54, 1.807) is 0 Å². The van der Waals surface area contributed by atoms with Gasteiger partial charge in [0.05, 0.1) is 0 Å². The van der Waals surface area contributed by atoms with E-state index in [0.717, 1.165) is 24.1 Å². The van der Waals surface area contributed by atoms with Crippen molar-refractivity contribution in [1.82, 2.24) is 4.98 Å². The third-order valence-electron chi connectivity index (χ3n) is 3.72. The Morgan fingerprint density at radius 2 is 1.76 bits per heavy atom. The Kier molecular flexibility index (Phi) is 6.38. The first kappa shape index (κ1) is 15.7. The highest BCUT2D eigenvalue weighted by molar-refractivity contribution is 5.78. The van der Waals surface area contributed by atoms with E-state index < -0.39 is 0 Å². The summed E-state index contributed by atoms with van der Waals surface area (Å²) in [5.41, 5.74) is 8.04. The number of fused-ring (bicyclic) bond motifs is 1. The fourth-order valence-electron chi connectivity index (χ4n) is 2.47. The van der Waals surface area contributed by atoms with Gasteiger partial charge in [-0.1, -0.05) is 51.9 Å². The Hall–Kier alpha value is -1.71. The van der Waals surface area contributed by atoms with Gasteiger partial charge in [0.25, 0.3) is 6.01 Å². The Labute approximate surface area is 127 Å². The number of nitrogens with two attached hydrogens (primary N) is 1. The average molecular weight is 289 g/mol. The summed E-state index contributed by atoms with van der Waals surface area (Å²) in [6, 6.07) is 6.12. The van der Waals surface area contributed by atoms with Crippen molar-refractivity contribution in [2.45, 2.75) is 58.3 Å². The van der Waals surface area contributed by atoms with E-state index in [-0.39, 0.29) is 0 Å². The summed E-state index contributed by atoms with van der Waals surface area (Å²) in [6.07, 6.45) is 10.6. The second-order valence-electron chi connectivity index (χ2n) is 5.65. The molecule has 0 amide bonds. The number of hydrogen-bond acceptors (Lipinski definition) is 4. The van der Waals surface area contributed by atoms with Gasteiger partial charge in [0.15, 0.2) is 5.58 Å². The van der Waals surface area contributed by atoms with Crippen molar-refractivity contribution < 1.29 is 4.42 Å². The van der Waals surface area contributed by atoms with Crippen LogP contribution in [0.2, 0.25) is 0 Å². The van der Waals surface area contributed by atoms with Crippen LogP contribution in [0.3, 0.4) is 0 Å². The third kappa shape index (κ3) is 5.29. The van der Waals surface area contributed by atoms with Crippen LogP contribution < -0.4 is 11.1 Å². The first-order valence-corrected chi connectivity index (χ1v) is 8.19. The Morgan fingerprint density at radius 1 is 1.05 bits per heavy atom. The van der Waals surface area contributed by atoms with E-state index in [2.05, 4.69) is 17.2 Å². The number of rotatable bonds is 10. The number of benzene rings is 1. The number of nitrogen functional groups attached to an aromatic ring is 1. The number of aromatic nitrogens is 1. The van der Waals surface area contributed by atoms with Gasteiger partial charge in [0.1, 0.15) is 5.52 Å². The molecule has 0 aliphatic rings. The number of nitrogens with zero attached hydrogens (tertiary/aromatic N) is 1. The molecule has 0 spiro atoms. The normalized spacial score (nSPS) is 11.1. The SMILES string of the molecule is CCCCCCCCCCNc1nc2cc(N)ccc2o1. The molecular formula is C17H27N3O. The second kappa shape index (κ2) is 8.55. The average Bonchev–Trinajstić information content (AvgIpc) is 2.87. The van der Waals surface area contributed by atoms with E-state index in [9.17, 15) is 0 Å². The van der Waals surface area contributed by atoms with E-state index in [1.165, 1.54) is 44.9 Å². The van der Waals surface area contributed by atoms with Gasteiger partial charge in [0, 0.05) is 12.2 Å². The molecule has 0 saturated carbocycles. The molecule has 0 saturated heterocycles. The van der Waals surface area contributed by atoms with Crippen LogP contribution in [0.1, 0.15) is 58.3 Å². The Bertz CT molecular complexity index is 536. The van der Waals surface area contributed by atoms with Gasteiger partial charge in [-0.05, 0) is 24.6 Å². The summed E-state index contributed by atoms with van der Waals surface area (Å²) >= 11 is 0. The zero-order chi connectivity index (χ0) is 14.9. The minimum atomic E-state index is 0.596. The Morgan fingerprint density at radius 3 is 2.52 bits per heavy atom. The van der Waals surface area contributed by atoms with Gasteiger partial charge in [-0.25, -0.2) is 0 Å². The molecule has 0 aliphatic carbocycles. The van der Waals surface area contributed by atoms with Crippen LogP contribution in [-0.2, 0) is 0 Å². The lowest BCUT2D eigenvalue weighted by molar-refractivity contribution is 0.574. The van der Waals surface area contributed by atoms with Crippen LogP contribution >= 0.6 is 0 Å². The van der Waals surface area contributed by atoms with Crippen molar-refractivity contribution >= 4 is 22.8 Å². The summed E-state index contributed by atoms with van der Waals surface area (Å²) in [5.74, 6) is 0. The van der Waals surface area contributed by atoms with Crippen molar-refractivity contribution in [3.63, 3.8) is 0 Å². The van der Waals surface area contributed by atoms with Crippen LogP contribution in [0.25, 0.3) is 11.1 Å². The number of unbranched alkanes of at least 4 members (excludes halogenated alkanes) is 7. The number of anilines is 2. The fraction of sp³-hybridized carbons (Fsp3) is 0.588. The molecule has 4 nitrogen and oxygen atoms in total. The summed E-state index contributed by atoms with van der Waals surface area (Å²) in [5, 5.41) is 3.25.